The van der Waals surface area contributed by atoms with Gasteiger partial charge in [0, 0.05) is 42.8 Å². The second-order valence-corrected chi connectivity index (χ2v) is 7.78. The van der Waals surface area contributed by atoms with Crippen molar-refractivity contribution in [2.75, 3.05) is 18.4 Å². The first-order valence-electron chi connectivity index (χ1n) is 8.91. The predicted octanol–water partition coefficient (Wildman–Crippen LogP) is 3.59. The minimum Gasteiger partial charge on any atom is -0.354 e. The fraction of sp³-hybridized carbons (Fsp3) is 0.200. The summed E-state index contributed by atoms with van der Waals surface area (Å²) < 4.78 is 7.09. The van der Waals surface area contributed by atoms with E-state index in [1.165, 1.54) is 11.5 Å². The van der Waals surface area contributed by atoms with Gasteiger partial charge in [-0.1, -0.05) is 0 Å². The average molecular weight is 388 g/mol. The summed E-state index contributed by atoms with van der Waals surface area (Å²) in [5, 5.41) is 17.8. The van der Waals surface area contributed by atoms with E-state index < -0.39 is 0 Å². The predicted molar refractivity (Wildman–Crippen MR) is 108 cm³/mol. The second kappa shape index (κ2) is 6.32. The number of likely N-dealkylation sites (tertiary alicyclic amines) is 1. The van der Waals surface area contributed by atoms with Gasteiger partial charge in [0.05, 0.1) is 33.5 Å². The van der Waals surface area contributed by atoms with Crippen molar-refractivity contribution in [3.8, 4) is 6.07 Å². The molecule has 5 rings (SSSR count). The highest BCUT2D eigenvalue weighted by atomic mass is 32.1. The quantitative estimate of drug-likeness (QED) is 0.580. The second-order valence-electron chi connectivity index (χ2n) is 6.95. The van der Waals surface area contributed by atoms with Gasteiger partial charge >= 0.3 is 0 Å². The number of nitriles is 1. The van der Waals surface area contributed by atoms with Gasteiger partial charge in [0.2, 0.25) is 0 Å². The first-order chi connectivity index (χ1) is 13.6. The van der Waals surface area contributed by atoms with Crippen molar-refractivity contribution in [3.05, 3.63) is 54.0 Å². The van der Waals surface area contributed by atoms with Crippen molar-refractivity contribution in [2.45, 2.75) is 6.92 Å². The van der Waals surface area contributed by atoms with Crippen LogP contribution in [-0.4, -0.2) is 37.9 Å². The molecule has 0 atom stereocenters. The van der Waals surface area contributed by atoms with Gasteiger partial charge in [-0.2, -0.15) is 14.7 Å². The maximum Gasteiger partial charge on any atom is 0.255 e. The molecule has 0 spiro atoms. The molecule has 1 amide bonds. The topological polar surface area (TPSA) is 86.3 Å². The molecule has 8 heteroatoms. The van der Waals surface area contributed by atoms with Crippen LogP contribution < -0.4 is 5.32 Å². The van der Waals surface area contributed by atoms with Gasteiger partial charge in [-0.05, 0) is 48.3 Å². The van der Waals surface area contributed by atoms with E-state index in [1.54, 1.807) is 21.8 Å². The van der Waals surface area contributed by atoms with E-state index in [0.29, 0.717) is 18.7 Å². The molecule has 0 aliphatic carbocycles. The number of rotatable bonds is 3. The zero-order valence-corrected chi connectivity index (χ0v) is 15.9. The van der Waals surface area contributed by atoms with Crippen LogP contribution in [0.5, 0.6) is 0 Å². The number of aromatic nitrogens is 3. The summed E-state index contributed by atoms with van der Waals surface area (Å²) in [5.41, 5.74) is 4.20. The molecule has 1 aliphatic rings. The molecule has 1 N–H and O–H groups in total. The number of anilines is 2. The van der Waals surface area contributed by atoms with Crippen LogP contribution in [0.2, 0.25) is 0 Å². The lowest BCUT2D eigenvalue weighted by atomic mass is 10.0. The average Bonchev–Trinajstić information content (AvgIpc) is 3.25. The van der Waals surface area contributed by atoms with Crippen molar-refractivity contribution in [1.29, 1.82) is 5.26 Å². The standard InChI is InChI=1S/C20H16N6OS/c1-12-16(20(27)25-9-13(7-21)10-25)11-26-19(12)17(4-5-22-26)24-15-2-3-18-14(6-15)8-23-28-18/h2-6,8,11,13,24H,9-10H2,1H3. The van der Waals surface area contributed by atoms with E-state index >= 15 is 0 Å². The van der Waals surface area contributed by atoms with Gasteiger partial charge in [-0.25, -0.2) is 4.52 Å². The number of hydrogen-bond acceptors (Lipinski definition) is 6. The Balaban J connectivity index is 1.50. The Morgan fingerprint density at radius 3 is 3.04 bits per heavy atom. The van der Waals surface area contributed by atoms with Crippen molar-refractivity contribution in [2.24, 2.45) is 5.92 Å². The minimum atomic E-state index is -0.0573. The Labute approximate surface area is 165 Å². The number of amides is 1. The van der Waals surface area contributed by atoms with Crippen molar-refractivity contribution in [1.82, 2.24) is 18.9 Å². The molecule has 1 aliphatic heterocycles. The number of fused-ring (bicyclic) bond motifs is 2. The first kappa shape index (κ1) is 16.7. The molecule has 1 aromatic carbocycles. The number of benzene rings is 1. The Kier molecular flexibility index (Phi) is 3.77. The van der Waals surface area contributed by atoms with Crippen LogP contribution in [-0.2, 0) is 0 Å². The summed E-state index contributed by atoms with van der Waals surface area (Å²) in [6.45, 7) is 2.92. The molecular formula is C20H16N6OS. The van der Waals surface area contributed by atoms with Crippen LogP contribution in [0.25, 0.3) is 15.6 Å². The minimum absolute atomic E-state index is 0.0498. The highest BCUT2D eigenvalue weighted by Crippen LogP contribution is 2.30. The molecular weight excluding hydrogens is 372 g/mol. The van der Waals surface area contributed by atoms with E-state index in [0.717, 1.165) is 32.5 Å². The first-order valence-corrected chi connectivity index (χ1v) is 9.68. The molecule has 1 saturated heterocycles. The van der Waals surface area contributed by atoms with Crippen LogP contribution in [0.3, 0.4) is 0 Å². The molecule has 138 valence electrons. The van der Waals surface area contributed by atoms with E-state index in [9.17, 15) is 4.79 Å². The van der Waals surface area contributed by atoms with Gasteiger partial charge in [-0.15, -0.1) is 0 Å². The van der Waals surface area contributed by atoms with Crippen molar-refractivity contribution < 1.29 is 4.79 Å². The third-order valence-corrected chi connectivity index (χ3v) is 5.92. The van der Waals surface area contributed by atoms with Crippen LogP contribution in [0.15, 0.2) is 42.9 Å². The number of carbonyl (C=O) groups is 1. The van der Waals surface area contributed by atoms with E-state index in [1.807, 2.05) is 31.3 Å². The normalized spacial score (nSPS) is 14.2. The Morgan fingerprint density at radius 2 is 2.21 bits per heavy atom. The maximum atomic E-state index is 12.8. The highest BCUT2D eigenvalue weighted by Gasteiger charge is 2.32. The van der Waals surface area contributed by atoms with Gasteiger partial charge in [0.25, 0.3) is 5.91 Å². The number of aryl methyl sites for hydroxylation is 1. The summed E-state index contributed by atoms with van der Waals surface area (Å²) in [5.74, 6) is -0.107. The summed E-state index contributed by atoms with van der Waals surface area (Å²) in [7, 11) is 0. The molecule has 0 unspecified atom stereocenters. The van der Waals surface area contributed by atoms with Crippen LogP contribution in [0, 0.1) is 24.2 Å². The fourth-order valence-corrected chi connectivity index (χ4v) is 4.20. The van der Waals surface area contributed by atoms with Gasteiger partial charge in [0.1, 0.15) is 0 Å². The van der Waals surface area contributed by atoms with Crippen LogP contribution in [0.1, 0.15) is 15.9 Å². The molecule has 28 heavy (non-hydrogen) atoms. The lowest BCUT2D eigenvalue weighted by Crippen LogP contribution is -2.49. The molecule has 7 nitrogen and oxygen atoms in total. The van der Waals surface area contributed by atoms with Gasteiger partial charge < -0.3 is 10.2 Å². The Morgan fingerprint density at radius 1 is 1.36 bits per heavy atom. The van der Waals surface area contributed by atoms with Crippen LogP contribution in [0.4, 0.5) is 11.4 Å². The maximum absolute atomic E-state index is 12.8. The number of carbonyl (C=O) groups excluding carboxylic acids is 1. The highest BCUT2D eigenvalue weighted by molar-refractivity contribution is 7.13. The fourth-order valence-electron chi connectivity index (χ4n) is 3.58. The van der Waals surface area contributed by atoms with E-state index in [2.05, 4.69) is 26.9 Å². The number of nitrogens with one attached hydrogen (secondary N) is 1. The third-order valence-electron chi connectivity index (χ3n) is 5.14. The molecule has 4 aromatic rings. The smallest absolute Gasteiger partial charge is 0.255 e. The summed E-state index contributed by atoms with van der Waals surface area (Å²) >= 11 is 1.47. The molecule has 1 fully saturated rings. The molecule has 3 aromatic heterocycles. The summed E-state index contributed by atoms with van der Waals surface area (Å²) in [6, 6.07) is 10.2. The van der Waals surface area contributed by atoms with E-state index in [-0.39, 0.29) is 11.8 Å². The van der Waals surface area contributed by atoms with Crippen molar-refractivity contribution >= 4 is 44.4 Å². The molecule has 0 saturated carbocycles. The SMILES string of the molecule is Cc1c(C(=O)N2CC(C#N)C2)cn2nccc(Nc3ccc4sncc4c3)c12. The molecule has 4 heterocycles. The monoisotopic (exact) mass is 388 g/mol. The zero-order valence-electron chi connectivity index (χ0n) is 15.1. The summed E-state index contributed by atoms with van der Waals surface area (Å²) in [4.78, 5) is 14.5. The van der Waals surface area contributed by atoms with Gasteiger partial charge in [-0.3, -0.25) is 4.79 Å². The zero-order chi connectivity index (χ0) is 19.3. The van der Waals surface area contributed by atoms with Crippen LogP contribution >= 0.6 is 11.5 Å². The summed E-state index contributed by atoms with van der Waals surface area (Å²) in [6.07, 6.45) is 5.33. The Hall–Kier alpha value is -3.44. The number of nitrogens with zero attached hydrogens (tertiary/aromatic N) is 5. The van der Waals surface area contributed by atoms with E-state index in [4.69, 9.17) is 5.26 Å². The molecule has 0 bridgehead atoms. The van der Waals surface area contributed by atoms with Gasteiger partial charge in [0.15, 0.2) is 0 Å². The van der Waals surface area contributed by atoms with Crippen molar-refractivity contribution in [3.63, 3.8) is 0 Å². The largest absolute Gasteiger partial charge is 0.354 e. The Bertz CT molecular complexity index is 1260. The lowest BCUT2D eigenvalue weighted by molar-refractivity contribution is 0.0576. The number of hydrogen-bond donors (Lipinski definition) is 1. The molecule has 0 radical (unpaired) electrons. The third kappa shape index (κ3) is 2.60. The lowest BCUT2D eigenvalue weighted by Gasteiger charge is -2.35.